The van der Waals surface area contributed by atoms with E-state index in [0.717, 1.165) is 32.4 Å². The Morgan fingerprint density at radius 1 is 1.03 bits per heavy atom. The van der Waals surface area contributed by atoms with Crippen molar-refractivity contribution in [1.82, 2.24) is 9.80 Å². The van der Waals surface area contributed by atoms with Gasteiger partial charge in [-0.25, -0.2) is 0 Å². The molecule has 0 bridgehead atoms. The van der Waals surface area contributed by atoms with E-state index in [1.165, 1.54) is 0 Å². The fourth-order valence-corrected chi connectivity index (χ4v) is 4.27. The molecule has 160 valence electrons. The van der Waals surface area contributed by atoms with E-state index in [4.69, 9.17) is 21.1 Å². The molecule has 0 aromatic heterocycles. The molecule has 1 aromatic carbocycles. The van der Waals surface area contributed by atoms with Crippen molar-refractivity contribution in [2.24, 2.45) is 5.92 Å². The van der Waals surface area contributed by atoms with Crippen LogP contribution in [0.25, 0.3) is 0 Å². The lowest BCUT2D eigenvalue weighted by molar-refractivity contribution is -0.135. The Kier molecular flexibility index (Phi) is 7.64. The van der Waals surface area contributed by atoms with E-state index in [1.807, 2.05) is 23.6 Å². The fourth-order valence-electron chi connectivity index (χ4n) is 4.01. The number of rotatable bonds is 7. The zero-order valence-electron chi connectivity index (χ0n) is 17.4. The van der Waals surface area contributed by atoms with Gasteiger partial charge in [0.2, 0.25) is 5.91 Å². The molecule has 0 aliphatic carbocycles. The van der Waals surface area contributed by atoms with Gasteiger partial charge in [0, 0.05) is 37.7 Å². The van der Waals surface area contributed by atoms with Gasteiger partial charge in [-0.3, -0.25) is 9.59 Å². The van der Waals surface area contributed by atoms with Crippen LogP contribution in [0, 0.1) is 5.92 Å². The highest BCUT2D eigenvalue weighted by Gasteiger charge is 2.32. The number of nitrogens with zero attached hydrogens (tertiary/aromatic N) is 2. The summed E-state index contributed by atoms with van der Waals surface area (Å²) < 4.78 is 11.4. The standard InChI is InChI=1S/C22H31ClN2O4/c1-3-13-29-20-18(23)14-17(15-19(20)28-4-2)22(27)25-11-7-16(8-12-25)21(26)24-9-5-6-10-24/h14-16H,3-13H2,1-2H3. The van der Waals surface area contributed by atoms with Gasteiger partial charge in [-0.1, -0.05) is 18.5 Å². The van der Waals surface area contributed by atoms with Crippen LogP contribution in [-0.4, -0.2) is 61.0 Å². The van der Waals surface area contributed by atoms with Gasteiger partial charge in [0.1, 0.15) is 0 Å². The molecule has 2 fully saturated rings. The topological polar surface area (TPSA) is 59.1 Å². The molecule has 0 spiro atoms. The molecule has 0 atom stereocenters. The highest BCUT2D eigenvalue weighted by Crippen LogP contribution is 2.37. The van der Waals surface area contributed by atoms with Crippen LogP contribution in [0.3, 0.4) is 0 Å². The quantitative estimate of drug-likeness (QED) is 0.666. The molecule has 0 N–H and O–H groups in total. The Balaban J connectivity index is 1.66. The molecule has 1 aromatic rings. The molecule has 2 heterocycles. The maximum atomic E-state index is 13.0. The van der Waals surface area contributed by atoms with Crippen LogP contribution < -0.4 is 9.47 Å². The first-order valence-corrected chi connectivity index (χ1v) is 11.1. The number of piperidine rings is 1. The van der Waals surface area contributed by atoms with Gasteiger partial charge in [0.05, 0.1) is 18.2 Å². The molecule has 2 amide bonds. The van der Waals surface area contributed by atoms with Crippen molar-refractivity contribution in [1.29, 1.82) is 0 Å². The normalized spacial score (nSPS) is 17.5. The summed E-state index contributed by atoms with van der Waals surface area (Å²) in [5, 5.41) is 0.381. The van der Waals surface area contributed by atoms with E-state index < -0.39 is 0 Å². The summed E-state index contributed by atoms with van der Waals surface area (Å²) in [6, 6.07) is 3.36. The molecule has 2 aliphatic rings. The molecule has 0 saturated carbocycles. The van der Waals surface area contributed by atoms with Crippen LogP contribution in [0.4, 0.5) is 0 Å². The molecule has 7 heteroatoms. The van der Waals surface area contributed by atoms with E-state index in [1.54, 1.807) is 12.1 Å². The summed E-state index contributed by atoms with van der Waals surface area (Å²) in [7, 11) is 0. The Labute approximate surface area is 178 Å². The van der Waals surface area contributed by atoms with Crippen LogP contribution in [0.2, 0.25) is 5.02 Å². The van der Waals surface area contributed by atoms with E-state index in [-0.39, 0.29) is 17.7 Å². The first kappa shape index (κ1) is 21.8. The molecule has 2 saturated heterocycles. The van der Waals surface area contributed by atoms with Crippen molar-refractivity contribution in [3.8, 4) is 11.5 Å². The second-order valence-corrected chi connectivity index (χ2v) is 8.07. The summed E-state index contributed by atoms with van der Waals surface area (Å²) in [6.45, 7) is 7.81. The molecular formula is C22H31ClN2O4. The SMILES string of the molecule is CCCOc1c(Cl)cc(C(=O)N2CCC(C(=O)N3CCCC3)CC2)cc1OCC. The zero-order valence-corrected chi connectivity index (χ0v) is 18.2. The Bertz CT molecular complexity index is 726. The van der Waals surface area contributed by atoms with Crippen LogP contribution in [0.1, 0.15) is 56.3 Å². The summed E-state index contributed by atoms with van der Waals surface area (Å²) in [5.74, 6) is 1.19. The predicted molar refractivity (Wildman–Crippen MR) is 113 cm³/mol. The Morgan fingerprint density at radius 3 is 2.34 bits per heavy atom. The predicted octanol–water partition coefficient (Wildman–Crippen LogP) is 4.00. The van der Waals surface area contributed by atoms with Crippen molar-refractivity contribution in [3.63, 3.8) is 0 Å². The average molecular weight is 423 g/mol. The number of ether oxygens (including phenoxy) is 2. The van der Waals surface area contributed by atoms with Crippen LogP contribution >= 0.6 is 11.6 Å². The van der Waals surface area contributed by atoms with Gasteiger partial charge in [0.15, 0.2) is 11.5 Å². The first-order valence-electron chi connectivity index (χ1n) is 10.7. The fraction of sp³-hybridized carbons (Fsp3) is 0.636. The minimum Gasteiger partial charge on any atom is -0.490 e. The highest BCUT2D eigenvalue weighted by atomic mass is 35.5. The molecule has 0 radical (unpaired) electrons. The summed E-state index contributed by atoms with van der Waals surface area (Å²) in [5.41, 5.74) is 0.492. The van der Waals surface area contributed by atoms with Crippen molar-refractivity contribution in [3.05, 3.63) is 22.7 Å². The van der Waals surface area contributed by atoms with Gasteiger partial charge in [-0.2, -0.15) is 0 Å². The van der Waals surface area contributed by atoms with Crippen LogP contribution in [0.5, 0.6) is 11.5 Å². The number of benzene rings is 1. The maximum absolute atomic E-state index is 13.0. The van der Waals surface area contributed by atoms with Crippen LogP contribution in [-0.2, 0) is 4.79 Å². The van der Waals surface area contributed by atoms with Gasteiger partial charge in [-0.15, -0.1) is 0 Å². The minimum absolute atomic E-state index is 0.0320. The van der Waals surface area contributed by atoms with E-state index in [2.05, 4.69) is 0 Å². The summed E-state index contributed by atoms with van der Waals surface area (Å²) in [4.78, 5) is 29.4. The lowest BCUT2D eigenvalue weighted by Gasteiger charge is -2.33. The lowest BCUT2D eigenvalue weighted by Crippen LogP contribution is -2.43. The number of halogens is 1. The van der Waals surface area contributed by atoms with Gasteiger partial charge in [0.25, 0.3) is 5.91 Å². The third kappa shape index (κ3) is 5.16. The third-order valence-electron chi connectivity index (χ3n) is 5.56. The second kappa shape index (κ2) is 10.2. The number of amides is 2. The maximum Gasteiger partial charge on any atom is 0.254 e. The molecular weight excluding hydrogens is 392 g/mol. The molecule has 2 aliphatic heterocycles. The highest BCUT2D eigenvalue weighted by molar-refractivity contribution is 6.32. The van der Waals surface area contributed by atoms with Crippen molar-refractivity contribution < 1.29 is 19.1 Å². The van der Waals surface area contributed by atoms with E-state index >= 15 is 0 Å². The number of carbonyl (C=O) groups excluding carboxylic acids is 2. The average Bonchev–Trinajstić information content (AvgIpc) is 3.27. The summed E-state index contributed by atoms with van der Waals surface area (Å²) in [6.07, 6.45) is 4.48. The number of likely N-dealkylation sites (tertiary alicyclic amines) is 2. The monoisotopic (exact) mass is 422 g/mol. The molecule has 29 heavy (non-hydrogen) atoms. The molecule has 0 unspecified atom stereocenters. The number of carbonyl (C=O) groups is 2. The van der Waals surface area contributed by atoms with E-state index in [0.29, 0.717) is 61.2 Å². The van der Waals surface area contributed by atoms with Gasteiger partial charge < -0.3 is 19.3 Å². The Morgan fingerprint density at radius 2 is 1.72 bits per heavy atom. The largest absolute Gasteiger partial charge is 0.490 e. The second-order valence-electron chi connectivity index (χ2n) is 7.67. The van der Waals surface area contributed by atoms with Crippen molar-refractivity contribution >= 4 is 23.4 Å². The lowest BCUT2D eigenvalue weighted by atomic mass is 9.95. The minimum atomic E-state index is -0.0815. The zero-order chi connectivity index (χ0) is 20.8. The third-order valence-corrected chi connectivity index (χ3v) is 5.84. The van der Waals surface area contributed by atoms with Crippen molar-refractivity contribution in [2.45, 2.75) is 46.0 Å². The number of hydrogen-bond acceptors (Lipinski definition) is 4. The van der Waals surface area contributed by atoms with E-state index in [9.17, 15) is 9.59 Å². The smallest absolute Gasteiger partial charge is 0.254 e. The van der Waals surface area contributed by atoms with Gasteiger partial charge in [-0.05, 0) is 51.2 Å². The first-order chi connectivity index (χ1) is 14.0. The van der Waals surface area contributed by atoms with Gasteiger partial charge >= 0.3 is 0 Å². The molecule has 6 nitrogen and oxygen atoms in total. The van der Waals surface area contributed by atoms with Crippen LogP contribution in [0.15, 0.2) is 12.1 Å². The van der Waals surface area contributed by atoms with Crippen molar-refractivity contribution in [2.75, 3.05) is 39.4 Å². The Hall–Kier alpha value is -1.95. The molecule has 3 rings (SSSR count). The summed E-state index contributed by atoms with van der Waals surface area (Å²) >= 11 is 6.40. The number of hydrogen-bond donors (Lipinski definition) is 0.